The standard InChI is InChI=1S/C13H13N5.C10H8N2.ClH.F6P.Os/c1-15-6-8-17(10-15)12-4-3-5-13(14-12)18-9-7-16(2)11-18;1-3-7-11-9(5-1)10-6-2-4-8-12-10;;1-7(2,3,4,5)6;/h3-9H,1-2H3;1-8H;1H;;/q;;;-1;+2/p-1. The van der Waals surface area contributed by atoms with Crippen LogP contribution in [0, 0.1) is 12.7 Å². The third-order valence-corrected chi connectivity index (χ3v) is 4.22. The van der Waals surface area contributed by atoms with Crippen LogP contribution in [-0.4, -0.2) is 24.1 Å². The molecule has 0 aliphatic heterocycles. The van der Waals surface area contributed by atoms with Gasteiger partial charge in [0.1, 0.15) is 11.6 Å². The summed E-state index contributed by atoms with van der Waals surface area (Å²) in [4.78, 5) is 12.9. The summed E-state index contributed by atoms with van der Waals surface area (Å²) in [6.45, 7) is 0. The summed E-state index contributed by atoms with van der Waals surface area (Å²) in [5, 5.41) is 0. The predicted octanol–water partition coefficient (Wildman–Crippen LogP) is 2.44. The van der Waals surface area contributed by atoms with Crippen LogP contribution in [0.2, 0.25) is 0 Å². The number of aryl methyl sites for hydroxylation is 2. The van der Waals surface area contributed by atoms with Gasteiger partial charge in [-0.15, -0.1) is 0 Å². The van der Waals surface area contributed by atoms with Gasteiger partial charge in [-0.1, -0.05) is 18.2 Å². The predicted molar refractivity (Wildman–Crippen MR) is 124 cm³/mol. The number of hydrogen-bond donors (Lipinski definition) is 0. The zero-order valence-corrected chi connectivity index (χ0v) is 24.4. The van der Waals surface area contributed by atoms with E-state index in [0.29, 0.717) is 0 Å². The van der Waals surface area contributed by atoms with Crippen LogP contribution in [0.15, 0.2) is 91.8 Å². The van der Waals surface area contributed by atoms with Crippen molar-refractivity contribution >= 4 is 7.81 Å². The third-order valence-electron chi connectivity index (χ3n) is 4.22. The van der Waals surface area contributed by atoms with Crippen molar-refractivity contribution in [2.75, 3.05) is 0 Å². The largest absolute Gasteiger partial charge is 2.00 e. The second kappa shape index (κ2) is 12.8. The van der Waals surface area contributed by atoms with Crippen LogP contribution in [0.25, 0.3) is 23.0 Å². The summed E-state index contributed by atoms with van der Waals surface area (Å²) in [5.41, 5.74) is 1.83. The van der Waals surface area contributed by atoms with Crippen LogP contribution < -0.4 is 21.5 Å². The second-order valence-corrected chi connectivity index (χ2v) is 9.42. The fourth-order valence-corrected chi connectivity index (χ4v) is 2.77. The Morgan fingerprint density at radius 3 is 1.33 bits per heavy atom. The quantitative estimate of drug-likeness (QED) is 0.123. The van der Waals surface area contributed by atoms with E-state index < -0.39 is 7.81 Å². The normalized spacial score (nSPS) is 12.1. The molecular weight excluding hydrogens is 745 g/mol. The van der Waals surface area contributed by atoms with Crippen LogP contribution in [0.3, 0.4) is 0 Å². The van der Waals surface area contributed by atoms with Crippen molar-refractivity contribution in [1.29, 1.82) is 0 Å². The number of aromatic nitrogens is 7. The van der Waals surface area contributed by atoms with Crippen LogP contribution in [0.5, 0.6) is 0 Å². The Hall–Kier alpha value is -3.19. The zero-order chi connectivity index (χ0) is 27.2. The van der Waals surface area contributed by atoms with Gasteiger partial charge < -0.3 is 30.7 Å². The maximum Gasteiger partial charge on any atom is 2.00 e. The SMILES string of the molecule is C[n+]1[c-]n(-c2cccc(-n3[c-][n+](C)cc3)n2)cc1.F[P-](F)(F)(F)(F)F.[Cl-].[Os+2].c1ccc(-c2ccccn2)nc1. The fourth-order valence-electron chi connectivity index (χ4n) is 2.77. The van der Waals surface area contributed by atoms with E-state index in [9.17, 15) is 25.2 Å². The van der Waals surface area contributed by atoms with Crippen molar-refractivity contribution in [3.05, 3.63) is 104 Å². The van der Waals surface area contributed by atoms with Gasteiger partial charge in [-0.25, -0.2) is 0 Å². The molecule has 0 aliphatic rings. The molecule has 0 saturated carbocycles. The molecule has 0 radical (unpaired) electrons. The molecule has 7 nitrogen and oxygen atoms in total. The first kappa shape index (κ1) is 33.8. The molecule has 0 N–H and O–H groups in total. The smallest absolute Gasteiger partial charge is 1.00 e. The van der Waals surface area contributed by atoms with Crippen molar-refractivity contribution in [2.45, 2.75) is 0 Å². The first-order valence-electron chi connectivity index (χ1n) is 10.4. The van der Waals surface area contributed by atoms with E-state index in [1.807, 2.05) is 112 Å². The van der Waals surface area contributed by atoms with Crippen molar-refractivity contribution < 1.29 is 66.5 Å². The first-order chi connectivity index (χ1) is 17.1. The number of pyridine rings is 3. The molecule has 0 saturated heterocycles. The monoisotopic (exact) mass is 767 g/mol. The van der Waals surface area contributed by atoms with Gasteiger partial charge in [0.25, 0.3) is 0 Å². The molecule has 0 aromatic carbocycles. The Bertz CT molecular complexity index is 1350. The molecular formula is C23H21ClF6N7OsP. The maximum atomic E-state index is 9.87. The van der Waals surface area contributed by atoms with E-state index >= 15 is 0 Å². The molecule has 0 amide bonds. The fraction of sp³-hybridized carbons (Fsp3) is 0.0870. The van der Waals surface area contributed by atoms with Gasteiger partial charge in [0.05, 0.1) is 25.5 Å². The molecule has 5 rings (SSSR count). The van der Waals surface area contributed by atoms with Gasteiger partial charge in [0.15, 0.2) is 0 Å². The third kappa shape index (κ3) is 13.4. The van der Waals surface area contributed by atoms with Gasteiger partial charge in [0, 0.05) is 37.2 Å². The number of rotatable bonds is 3. The van der Waals surface area contributed by atoms with Crippen molar-refractivity contribution in [3.8, 4) is 23.0 Å². The summed E-state index contributed by atoms with van der Waals surface area (Å²) < 4.78 is 66.6. The molecule has 0 unspecified atom stereocenters. The van der Waals surface area contributed by atoms with Crippen molar-refractivity contribution in [1.82, 2.24) is 24.1 Å². The Morgan fingerprint density at radius 2 is 1.05 bits per heavy atom. The molecule has 0 bridgehead atoms. The van der Waals surface area contributed by atoms with Gasteiger partial charge >= 0.3 is 52.8 Å². The van der Waals surface area contributed by atoms with E-state index in [-0.39, 0.29) is 32.2 Å². The number of imidazole rings is 2. The Balaban J connectivity index is 0.000000316. The van der Waals surface area contributed by atoms with Crippen molar-refractivity contribution in [2.24, 2.45) is 14.1 Å². The van der Waals surface area contributed by atoms with Gasteiger partial charge in [-0.05, 0) is 36.4 Å². The topological polar surface area (TPSA) is 56.3 Å². The Morgan fingerprint density at radius 1 is 0.667 bits per heavy atom. The number of halogens is 7. The Kier molecular flexibility index (Phi) is 11.1. The average molecular weight is 766 g/mol. The van der Waals surface area contributed by atoms with E-state index in [1.54, 1.807) is 12.4 Å². The molecule has 39 heavy (non-hydrogen) atoms. The molecule has 5 heterocycles. The molecule has 0 atom stereocenters. The van der Waals surface area contributed by atoms with E-state index in [1.165, 1.54) is 0 Å². The zero-order valence-electron chi connectivity index (χ0n) is 20.2. The second-order valence-electron chi connectivity index (χ2n) is 7.50. The molecule has 5 aromatic rings. The summed E-state index contributed by atoms with van der Waals surface area (Å²) >= 11 is 0. The van der Waals surface area contributed by atoms with E-state index in [4.69, 9.17) is 0 Å². The summed E-state index contributed by atoms with van der Waals surface area (Å²) in [7, 11) is -6.80. The first-order valence-corrected chi connectivity index (χ1v) is 12.5. The summed E-state index contributed by atoms with van der Waals surface area (Å²) in [6, 6.07) is 17.5. The van der Waals surface area contributed by atoms with Crippen LogP contribution >= 0.6 is 7.81 Å². The molecule has 16 heteroatoms. The minimum atomic E-state index is -10.7. The number of nitrogens with zero attached hydrogens (tertiary/aromatic N) is 7. The van der Waals surface area contributed by atoms with Gasteiger partial charge in [-0.3, -0.25) is 15.0 Å². The summed E-state index contributed by atoms with van der Waals surface area (Å²) in [6.07, 6.45) is 17.5. The summed E-state index contributed by atoms with van der Waals surface area (Å²) in [5.74, 6) is 1.66. The molecule has 0 spiro atoms. The van der Waals surface area contributed by atoms with Crippen LogP contribution in [0.1, 0.15) is 0 Å². The molecule has 0 aliphatic carbocycles. The minimum absolute atomic E-state index is 0. The average Bonchev–Trinajstić information content (AvgIpc) is 3.47. The molecule has 210 valence electrons. The minimum Gasteiger partial charge on any atom is -1.00 e. The van der Waals surface area contributed by atoms with Gasteiger partial charge in [0.2, 0.25) is 12.7 Å². The van der Waals surface area contributed by atoms with E-state index in [0.717, 1.165) is 23.0 Å². The van der Waals surface area contributed by atoms with E-state index in [2.05, 4.69) is 27.6 Å². The maximum absolute atomic E-state index is 10.7. The Labute approximate surface area is 239 Å². The molecule has 0 fully saturated rings. The number of hydrogen-bond acceptors (Lipinski definition) is 3. The van der Waals surface area contributed by atoms with Crippen LogP contribution in [0.4, 0.5) is 25.2 Å². The van der Waals surface area contributed by atoms with Gasteiger partial charge in [-0.2, -0.15) is 0 Å². The van der Waals surface area contributed by atoms with Crippen LogP contribution in [-0.2, 0) is 33.9 Å². The van der Waals surface area contributed by atoms with Crippen molar-refractivity contribution in [3.63, 3.8) is 0 Å². The molecule has 5 aromatic heterocycles.